The molecular formula is C23H20FN5O4S. The van der Waals surface area contributed by atoms with Gasteiger partial charge < -0.3 is 9.88 Å². The molecule has 0 spiro atoms. The molecule has 1 aliphatic heterocycles. The van der Waals surface area contributed by atoms with Crippen molar-refractivity contribution in [1.29, 1.82) is 0 Å². The third-order valence-corrected chi connectivity index (χ3v) is 7.59. The van der Waals surface area contributed by atoms with Gasteiger partial charge in [-0.3, -0.25) is 9.59 Å². The second-order valence-corrected chi connectivity index (χ2v) is 10.7. The fraction of sp³-hybridized carbons (Fsp3) is 0.217. The highest BCUT2D eigenvalue weighted by Gasteiger charge is 2.32. The topological polar surface area (TPSA) is 118 Å². The Balaban J connectivity index is 1.37. The number of halogens is 1. The molecule has 1 amide bonds. The summed E-state index contributed by atoms with van der Waals surface area (Å²) in [5, 5.41) is 8.15. The molecule has 1 atom stereocenters. The maximum Gasteiger partial charge on any atom is 0.258 e. The molecule has 1 aliphatic rings. The number of nitrogens with one attached hydrogen (secondary N) is 1. The first-order valence-electron chi connectivity index (χ1n) is 10.5. The number of pyridine rings is 1. The lowest BCUT2D eigenvalue weighted by Crippen LogP contribution is -2.31. The van der Waals surface area contributed by atoms with Gasteiger partial charge in [0.05, 0.1) is 22.7 Å². The first kappa shape index (κ1) is 22.0. The second-order valence-electron chi connectivity index (χ2n) is 8.33. The highest BCUT2D eigenvalue weighted by atomic mass is 32.2. The number of likely N-dealkylation sites (tertiary alicyclic amines) is 1. The minimum Gasteiger partial charge on any atom is -0.337 e. The summed E-state index contributed by atoms with van der Waals surface area (Å²) in [5.41, 5.74) is 1.77. The predicted octanol–water partition coefficient (Wildman–Crippen LogP) is 2.17. The van der Waals surface area contributed by atoms with Crippen LogP contribution in [0.1, 0.15) is 16.8 Å². The molecule has 2 aromatic carbocycles. The molecule has 0 radical (unpaired) electrons. The molecule has 11 heteroatoms. The van der Waals surface area contributed by atoms with E-state index in [-0.39, 0.29) is 23.6 Å². The minimum absolute atomic E-state index is 0.191. The maximum absolute atomic E-state index is 13.6. The van der Waals surface area contributed by atoms with E-state index in [0.717, 1.165) is 0 Å². The molecule has 1 saturated heterocycles. The second kappa shape index (κ2) is 8.17. The van der Waals surface area contributed by atoms with Gasteiger partial charge in [0, 0.05) is 35.8 Å². The van der Waals surface area contributed by atoms with E-state index < -0.39 is 20.9 Å². The average molecular weight is 482 g/mol. The van der Waals surface area contributed by atoms with Crippen molar-refractivity contribution >= 4 is 26.6 Å². The third kappa shape index (κ3) is 4.10. The van der Waals surface area contributed by atoms with Gasteiger partial charge in [-0.2, -0.15) is 0 Å². The van der Waals surface area contributed by atoms with Crippen molar-refractivity contribution in [3.63, 3.8) is 0 Å². The monoisotopic (exact) mass is 481 g/mol. The van der Waals surface area contributed by atoms with E-state index in [9.17, 15) is 22.4 Å². The van der Waals surface area contributed by atoms with Gasteiger partial charge in [0.2, 0.25) is 0 Å². The number of carbonyl (C=O) groups excluding carboxylic acids is 1. The molecule has 174 valence electrons. The van der Waals surface area contributed by atoms with Crippen molar-refractivity contribution in [3.8, 4) is 16.9 Å². The van der Waals surface area contributed by atoms with E-state index in [1.165, 1.54) is 29.1 Å². The van der Waals surface area contributed by atoms with Crippen LogP contribution in [0.5, 0.6) is 0 Å². The van der Waals surface area contributed by atoms with Gasteiger partial charge in [-0.25, -0.2) is 17.5 Å². The fourth-order valence-electron chi connectivity index (χ4n) is 4.08. The molecule has 34 heavy (non-hydrogen) atoms. The van der Waals surface area contributed by atoms with Crippen molar-refractivity contribution in [1.82, 2.24) is 24.9 Å². The Bertz CT molecular complexity index is 1580. The number of rotatable bonds is 4. The Kier molecular flexibility index (Phi) is 5.28. The summed E-state index contributed by atoms with van der Waals surface area (Å²) < 4.78 is 38.6. The first-order chi connectivity index (χ1) is 16.2. The summed E-state index contributed by atoms with van der Waals surface area (Å²) in [7, 11) is -3.19. The van der Waals surface area contributed by atoms with Crippen LogP contribution in [0.15, 0.2) is 59.5 Å². The van der Waals surface area contributed by atoms with Crippen LogP contribution in [-0.4, -0.2) is 63.8 Å². The summed E-state index contributed by atoms with van der Waals surface area (Å²) in [6.45, 7) is 0.588. The van der Waals surface area contributed by atoms with E-state index in [1.807, 2.05) is 0 Å². The summed E-state index contributed by atoms with van der Waals surface area (Å²) >= 11 is 0. The summed E-state index contributed by atoms with van der Waals surface area (Å²) in [4.78, 5) is 29.5. The summed E-state index contributed by atoms with van der Waals surface area (Å²) in [6, 6.07) is 12.3. The Hall–Kier alpha value is -3.86. The first-order valence-corrected chi connectivity index (χ1v) is 12.5. The molecule has 3 heterocycles. The van der Waals surface area contributed by atoms with Crippen LogP contribution in [0.2, 0.25) is 0 Å². The number of benzene rings is 2. The number of nitrogens with zero attached hydrogens (tertiary/aromatic N) is 4. The van der Waals surface area contributed by atoms with Crippen molar-refractivity contribution in [3.05, 3.63) is 76.5 Å². The fourth-order valence-corrected chi connectivity index (χ4v) is 5.07. The van der Waals surface area contributed by atoms with E-state index in [4.69, 9.17) is 0 Å². The molecule has 2 aromatic heterocycles. The van der Waals surface area contributed by atoms with Crippen LogP contribution in [0.3, 0.4) is 0 Å². The lowest BCUT2D eigenvalue weighted by molar-refractivity contribution is 0.0793. The smallest absolute Gasteiger partial charge is 0.258 e. The quantitative estimate of drug-likeness (QED) is 0.477. The lowest BCUT2D eigenvalue weighted by atomic mass is 10.1. The number of carbonyl (C=O) groups is 1. The van der Waals surface area contributed by atoms with E-state index in [1.54, 1.807) is 41.4 Å². The Morgan fingerprint density at radius 2 is 1.91 bits per heavy atom. The highest BCUT2D eigenvalue weighted by molar-refractivity contribution is 7.91. The Morgan fingerprint density at radius 1 is 1.15 bits per heavy atom. The molecule has 0 bridgehead atoms. The third-order valence-electron chi connectivity index (χ3n) is 5.99. The number of aromatic nitrogens is 4. The zero-order valence-corrected chi connectivity index (χ0v) is 18.9. The molecule has 1 N–H and O–H groups in total. The molecule has 4 aromatic rings. The number of fused-ring (bicyclic) bond motifs is 1. The van der Waals surface area contributed by atoms with E-state index >= 15 is 0 Å². The number of aromatic amines is 1. The number of hydrogen-bond acceptors (Lipinski definition) is 6. The van der Waals surface area contributed by atoms with Crippen LogP contribution in [-0.2, 0) is 9.84 Å². The van der Waals surface area contributed by atoms with Gasteiger partial charge in [0.15, 0.2) is 9.84 Å². The van der Waals surface area contributed by atoms with Crippen LogP contribution in [0.25, 0.3) is 27.8 Å². The van der Waals surface area contributed by atoms with Crippen molar-refractivity contribution in [2.45, 2.75) is 11.7 Å². The zero-order valence-electron chi connectivity index (χ0n) is 18.1. The highest BCUT2D eigenvalue weighted by Crippen LogP contribution is 2.21. The van der Waals surface area contributed by atoms with Gasteiger partial charge >= 0.3 is 0 Å². The molecule has 9 nitrogen and oxygen atoms in total. The molecule has 5 rings (SSSR count). The van der Waals surface area contributed by atoms with Gasteiger partial charge in [0.25, 0.3) is 11.5 Å². The number of hydrogen-bond donors (Lipinski definition) is 1. The van der Waals surface area contributed by atoms with Gasteiger partial charge in [-0.15, -0.1) is 5.10 Å². The summed E-state index contributed by atoms with van der Waals surface area (Å²) in [6.07, 6.45) is 3.20. The van der Waals surface area contributed by atoms with Crippen LogP contribution in [0, 0.1) is 5.82 Å². The van der Waals surface area contributed by atoms with E-state index in [0.29, 0.717) is 40.8 Å². The minimum atomic E-state index is -3.19. The van der Waals surface area contributed by atoms with Crippen molar-refractivity contribution in [2.75, 3.05) is 19.3 Å². The molecule has 0 unspecified atom stereocenters. The van der Waals surface area contributed by atoms with Gasteiger partial charge in [-0.1, -0.05) is 5.21 Å². The van der Waals surface area contributed by atoms with Gasteiger partial charge in [0.1, 0.15) is 11.5 Å². The average Bonchev–Trinajstić information content (AvgIpc) is 3.49. The standard InChI is InChI=1S/C23H20FN5O4S/c1-34(32,33)18-8-9-28(12-18)23(31)14-2-5-17(6-3-14)29-13-21(26-27-29)19-11-15-10-16(24)4-7-20(15)25-22(19)30/h2-7,10-11,13,18H,8-9,12H2,1H3,(H,25,30)/t18-/m1/s1. The summed E-state index contributed by atoms with van der Waals surface area (Å²) in [5.74, 6) is -0.642. The van der Waals surface area contributed by atoms with Gasteiger partial charge in [-0.05, 0) is 55.0 Å². The largest absolute Gasteiger partial charge is 0.337 e. The van der Waals surface area contributed by atoms with Crippen LogP contribution >= 0.6 is 0 Å². The van der Waals surface area contributed by atoms with Crippen LogP contribution in [0.4, 0.5) is 4.39 Å². The lowest BCUT2D eigenvalue weighted by Gasteiger charge is -2.16. The Morgan fingerprint density at radius 3 is 2.62 bits per heavy atom. The molecule has 0 aliphatic carbocycles. The van der Waals surface area contributed by atoms with E-state index in [2.05, 4.69) is 15.3 Å². The number of sulfone groups is 1. The molecule has 1 fully saturated rings. The van der Waals surface area contributed by atoms with Crippen LogP contribution < -0.4 is 5.56 Å². The zero-order chi connectivity index (χ0) is 24.0. The number of H-pyrrole nitrogens is 1. The normalized spacial score (nSPS) is 16.3. The molecular weight excluding hydrogens is 461 g/mol. The maximum atomic E-state index is 13.6. The van der Waals surface area contributed by atoms with Crippen molar-refractivity contribution in [2.24, 2.45) is 0 Å². The molecule has 0 saturated carbocycles. The predicted molar refractivity (Wildman–Crippen MR) is 124 cm³/mol. The SMILES string of the molecule is CS(=O)(=O)[C@@H]1CCN(C(=O)c2ccc(-n3cc(-c4cc5cc(F)ccc5[nH]c4=O)nn3)cc2)C1. The van der Waals surface area contributed by atoms with Crippen molar-refractivity contribution < 1.29 is 17.6 Å². The number of amides is 1. The Labute approximate surface area is 193 Å².